The predicted molar refractivity (Wildman–Crippen MR) is 114 cm³/mol. The maximum atomic E-state index is 12.8. The molecule has 1 aromatic rings. The highest BCUT2D eigenvalue weighted by Crippen LogP contribution is 2.46. The normalized spacial score (nSPS) is 26.1. The number of carbonyl (C=O) groups is 1. The first-order valence-corrected chi connectivity index (χ1v) is 12.0. The van der Waals surface area contributed by atoms with Gasteiger partial charge in [-0.25, -0.2) is 0 Å². The van der Waals surface area contributed by atoms with Crippen molar-refractivity contribution in [1.82, 2.24) is 4.90 Å². The van der Waals surface area contributed by atoms with Crippen molar-refractivity contribution in [1.29, 1.82) is 0 Å². The molecule has 5 rings (SSSR count). The second-order valence-corrected chi connectivity index (χ2v) is 10.5. The van der Waals surface area contributed by atoms with Crippen LogP contribution in [0.15, 0.2) is 18.2 Å². The van der Waals surface area contributed by atoms with Crippen LogP contribution in [0.25, 0.3) is 0 Å². The van der Waals surface area contributed by atoms with Crippen LogP contribution in [0.5, 0.6) is 5.75 Å². The molecular weight excluding hydrogens is 386 g/mol. The second kappa shape index (κ2) is 8.48. The van der Waals surface area contributed by atoms with Crippen molar-refractivity contribution in [3.05, 3.63) is 29.3 Å². The molecule has 0 aliphatic carbocycles. The summed E-state index contributed by atoms with van der Waals surface area (Å²) in [5, 5.41) is 0. The Morgan fingerprint density at radius 3 is 2.97 bits per heavy atom. The van der Waals surface area contributed by atoms with Crippen molar-refractivity contribution >= 4 is 17.7 Å². The van der Waals surface area contributed by atoms with E-state index in [1.54, 1.807) is 0 Å². The van der Waals surface area contributed by atoms with Crippen molar-refractivity contribution < 1.29 is 19.0 Å². The van der Waals surface area contributed by atoms with Gasteiger partial charge in [-0.1, -0.05) is 12.1 Å². The number of benzene rings is 1. The van der Waals surface area contributed by atoms with Crippen LogP contribution < -0.4 is 4.74 Å². The van der Waals surface area contributed by atoms with Crippen LogP contribution in [-0.2, 0) is 27.1 Å². The zero-order valence-corrected chi connectivity index (χ0v) is 17.9. The van der Waals surface area contributed by atoms with E-state index < -0.39 is 0 Å². The summed E-state index contributed by atoms with van der Waals surface area (Å²) in [5.74, 6) is 2.96. The van der Waals surface area contributed by atoms with Crippen LogP contribution in [0.3, 0.4) is 0 Å². The van der Waals surface area contributed by atoms with Gasteiger partial charge in [0.1, 0.15) is 5.75 Å². The Kier molecular flexibility index (Phi) is 5.76. The lowest BCUT2D eigenvalue weighted by Gasteiger charge is -2.47. The van der Waals surface area contributed by atoms with E-state index in [-0.39, 0.29) is 10.7 Å². The first-order valence-electron chi connectivity index (χ1n) is 11.0. The number of nitrogens with zero attached hydrogens (tertiary/aromatic N) is 1. The van der Waals surface area contributed by atoms with E-state index >= 15 is 0 Å². The first-order chi connectivity index (χ1) is 14.2. The largest absolute Gasteiger partial charge is 0.493 e. The fraction of sp³-hybridized carbons (Fsp3) is 0.696. The molecule has 4 aliphatic rings. The summed E-state index contributed by atoms with van der Waals surface area (Å²) in [5.41, 5.74) is 2.36. The van der Waals surface area contributed by atoms with E-state index in [2.05, 4.69) is 6.07 Å². The maximum Gasteiger partial charge on any atom is 0.227 e. The monoisotopic (exact) mass is 417 g/mol. The highest BCUT2D eigenvalue weighted by molar-refractivity contribution is 8.01. The smallest absolute Gasteiger partial charge is 0.227 e. The van der Waals surface area contributed by atoms with Crippen LogP contribution in [0.4, 0.5) is 0 Å². The van der Waals surface area contributed by atoms with E-state index in [1.807, 2.05) is 28.8 Å². The first kappa shape index (κ1) is 19.7. The lowest BCUT2D eigenvalue weighted by Crippen LogP contribution is -2.61. The average molecular weight is 418 g/mol. The fourth-order valence-corrected chi connectivity index (χ4v) is 6.50. The molecule has 29 heavy (non-hydrogen) atoms. The minimum atomic E-state index is 0.236. The molecule has 1 atom stereocenters. The summed E-state index contributed by atoms with van der Waals surface area (Å²) >= 11 is 2.01. The molecule has 0 aromatic heterocycles. The molecule has 0 unspecified atom stereocenters. The third kappa shape index (κ3) is 4.44. The number of thioether (sulfide) groups is 1. The van der Waals surface area contributed by atoms with Gasteiger partial charge in [0.05, 0.1) is 23.9 Å². The Labute approximate surface area is 177 Å². The molecule has 6 heteroatoms. The van der Waals surface area contributed by atoms with Crippen molar-refractivity contribution in [2.45, 2.75) is 49.4 Å². The zero-order valence-electron chi connectivity index (χ0n) is 17.1. The summed E-state index contributed by atoms with van der Waals surface area (Å²) in [6, 6.07) is 6.23. The third-order valence-corrected chi connectivity index (χ3v) is 8.30. The summed E-state index contributed by atoms with van der Waals surface area (Å²) in [6.45, 7) is 5.19. The number of amides is 1. The number of ether oxygens (including phenoxy) is 3. The number of hydrogen-bond acceptors (Lipinski definition) is 5. The highest BCUT2D eigenvalue weighted by atomic mass is 32.2. The topological polar surface area (TPSA) is 48.0 Å². The van der Waals surface area contributed by atoms with Crippen molar-refractivity contribution in [2.75, 3.05) is 45.3 Å². The van der Waals surface area contributed by atoms with Crippen molar-refractivity contribution in [2.24, 2.45) is 5.92 Å². The van der Waals surface area contributed by atoms with E-state index in [0.717, 1.165) is 88.7 Å². The molecule has 4 heterocycles. The number of rotatable bonds is 5. The van der Waals surface area contributed by atoms with Crippen LogP contribution in [0.2, 0.25) is 0 Å². The second-order valence-electron chi connectivity index (χ2n) is 9.03. The number of carbonyl (C=O) groups excluding carboxylic acids is 1. The summed E-state index contributed by atoms with van der Waals surface area (Å²) in [7, 11) is 0. The van der Waals surface area contributed by atoms with Gasteiger partial charge in [-0.2, -0.15) is 0 Å². The predicted octanol–water partition coefficient (Wildman–Crippen LogP) is 3.08. The number of hydrogen-bond donors (Lipinski definition) is 0. The minimum Gasteiger partial charge on any atom is -0.493 e. The Hall–Kier alpha value is -1.24. The van der Waals surface area contributed by atoms with E-state index in [0.29, 0.717) is 18.4 Å². The summed E-state index contributed by atoms with van der Waals surface area (Å²) < 4.78 is 17.6. The van der Waals surface area contributed by atoms with Crippen LogP contribution in [0, 0.1) is 5.92 Å². The van der Waals surface area contributed by atoms with Gasteiger partial charge in [0.25, 0.3) is 0 Å². The molecule has 3 saturated heterocycles. The van der Waals surface area contributed by atoms with Crippen molar-refractivity contribution in [3.8, 4) is 5.75 Å². The van der Waals surface area contributed by atoms with Gasteiger partial charge in [0.15, 0.2) is 0 Å². The molecule has 1 spiro atoms. The molecule has 0 saturated carbocycles. The molecular formula is C23H31NO4S. The molecule has 0 N–H and O–H groups in total. The average Bonchev–Trinajstić information content (AvgIpc) is 3.17. The Morgan fingerprint density at radius 2 is 2.10 bits per heavy atom. The quantitative estimate of drug-likeness (QED) is 0.737. The van der Waals surface area contributed by atoms with Gasteiger partial charge in [-0.05, 0) is 55.2 Å². The Bertz CT molecular complexity index is 742. The SMILES string of the molecule is O=C(Cc1ccc2c(c1)CCCO2)N1CC2(C[C@H](OCC3CCOCC3)CS2)C1. The minimum absolute atomic E-state index is 0.236. The van der Waals surface area contributed by atoms with Crippen LogP contribution in [0.1, 0.15) is 36.8 Å². The molecule has 3 fully saturated rings. The zero-order chi connectivity index (χ0) is 19.7. The maximum absolute atomic E-state index is 12.8. The number of aryl methyl sites for hydroxylation is 1. The molecule has 1 amide bonds. The van der Waals surface area contributed by atoms with Gasteiger partial charge in [0, 0.05) is 38.7 Å². The van der Waals surface area contributed by atoms with Crippen LogP contribution >= 0.6 is 11.8 Å². The number of fused-ring (bicyclic) bond motifs is 1. The third-order valence-electron chi connectivity index (χ3n) is 6.72. The molecule has 0 bridgehead atoms. The van der Waals surface area contributed by atoms with Crippen LogP contribution in [-0.4, -0.2) is 66.9 Å². The Balaban J connectivity index is 1.08. The molecule has 4 aliphatic heterocycles. The molecule has 0 radical (unpaired) electrons. The lowest BCUT2D eigenvalue weighted by molar-refractivity contribution is -0.136. The summed E-state index contributed by atoms with van der Waals surface area (Å²) in [6.07, 6.45) is 6.30. The Morgan fingerprint density at radius 1 is 1.24 bits per heavy atom. The highest BCUT2D eigenvalue weighted by Gasteiger charge is 2.50. The van der Waals surface area contributed by atoms with Gasteiger partial charge in [-0.15, -0.1) is 11.8 Å². The van der Waals surface area contributed by atoms with Gasteiger partial charge < -0.3 is 19.1 Å². The van der Waals surface area contributed by atoms with Crippen molar-refractivity contribution in [3.63, 3.8) is 0 Å². The van der Waals surface area contributed by atoms with Gasteiger partial charge in [0.2, 0.25) is 5.91 Å². The fourth-order valence-electron chi connectivity index (χ4n) is 4.95. The van der Waals surface area contributed by atoms with E-state index in [9.17, 15) is 4.79 Å². The van der Waals surface area contributed by atoms with Gasteiger partial charge >= 0.3 is 0 Å². The van der Waals surface area contributed by atoms with Gasteiger partial charge in [-0.3, -0.25) is 4.79 Å². The molecule has 5 nitrogen and oxygen atoms in total. The number of likely N-dealkylation sites (tertiary alicyclic amines) is 1. The lowest BCUT2D eigenvalue weighted by atomic mass is 9.92. The molecule has 1 aromatic carbocycles. The summed E-state index contributed by atoms with van der Waals surface area (Å²) in [4.78, 5) is 14.8. The van der Waals surface area contributed by atoms with E-state index in [4.69, 9.17) is 14.2 Å². The molecule has 158 valence electrons. The standard InChI is InChI=1S/C23H31NO4S/c25-22(11-18-3-4-21-19(10-18)2-1-7-27-21)24-15-23(16-24)12-20(14-29-23)28-13-17-5-8-26-9-6-17/h3-4,10,17,20H,1-2,5-9,11-16H2/t20-/m0/s1. The van der Waals surface area contributed by atoms with E-state index in [1.165, 1.54) is 5.56 Å².